The van der Waals surface area contributed by atoms with Crippen LogP contribution in [0.15, 0.2) is 54.1 Å². The first kappa shape index (κ1) is 23.8. The van der Waals surface area contributed by atoms with Gasteiger partial charge in [-0.05, 0) is 68.8 Å². The molecule has 0 saturated carbocycles. The number of anilines is 1. The largest absolute Gasteiger partial charge is 0.492 e. The van der Waals surface area contributed by atoms with Gasteiger partial charge in [-0.3, -0.25) is 9.88 Å². The standard InChI is InChI=1S/C29H35FN4O/c1-22-6-8-25-27(31-22)4-3-5-29(25)35-19-18-33-12-10-23(11-13-33)20-24-7-9-26(30)28(21-24)34-16-14-32(2)15-17-34/h3-9,20-21H,10-19H2,1-2H3. The molecule has 0 bridgehead atoms. The number of hydrogen-bond donors (Lipinski definition) is 0. The number of halogens is 1. The van der Waals surface area contributed by atoms with Crippen molar-refractivity contribution in [1.82, 2.24) is 14.8 Å². The number of piperazine rings is 1. The number of ether oxygens (including phenoxy) is 1. The molecule has 1 aromatic heterocycles. The number of hydrogen-bond acceptors (Lipinski definition) is 5. The summed E-state index contributed by atoms with van der Waals surface area (Å²) in [5.41, 5.74) is 5.27. The van der Waals surface area contributed by atoms with E-state index in [1.807, 2.05) is 43.3 Å². The fourth-order valence-electron chi connectivity index (χ4n) is 4.99. The molecule has 35 heavy (non-hydrogen) atoms. The van der Waals surface area contributed by atoms with E-state index in [4.69, 9.17) is 4.74 Å². The van der Waals surface area contributed by atoms with Crippen LogP contribution in [-0.2, 0) is 0 Å². The van der Waals surface area contributed by atoms with Gasteiger partial charge in [0.2, 0.25) is 0 Å². The highest BCUT2D eigenvalue weighted by Crippen LogP contribution is 2.27. The number of aryl methyl sites for hydroxylation is 1. The van der Waals surface area contributed by atoms with Gasteiger partial charge in [-0.15, -0.1) is 0 Å². The third-order valence-corrected chi connectivity index (χ3v) is 7.18. The fraction of sp³-hybridized carbons (Fsp3) is 0.414. The van der Waals surface area contributed by atoms with E-state index in [2.05, 4.69) is 38.9 Å². The molecule has 2 aromatic carbocycles. The van der Waals surface area contributed by atoms with Gasteiger partial charge in [-0.1, -0.05) is 23.8 Å². The van der Waals surface area contributed by atoms with Gasteiger partial charge in [0.05, 0.1) is 11.2 Å². The summed E-state index contributed by atoms with van der Waals surface area (Å²) < 4.78 is 20.7. The Kier molecular flexibility index (Phi) is 7.30. The molecule has 2 fully saturated rings. The molecule has 6 heteroatoms. The van der Waals surface area contributed by atoms with Crippen LogP contribution < -0.4 is 9.64 Å². The number of aromatic nitrogens is 1. The molecular formula is C29H35FN4O. The van der Waals surface area contributed by atoms with Gasteiger partial charge in [-0.25, -0.2) is 4.39 Å². The Balaban J connectivity index is 1.14. The maximum Gasteiger partial charge on any atom is 0.146 e. The molecule has 0 unspecified atom stereocenters. The van der Waals surface area contributed by atoms with Crippen LogP contribution in [0.4, 0.5) is 10.1 Å². The predicted molar refractivity (Wildman–Crippen MR) is 142 cm³/mol. The van der Waals surface area contributed by atoms with Crippen LogP contribution in [0.2, 0.25) is 0 Å². The zero-order chi connectivity index (χ0) is 24.2. The average Bonchev–Trinajstić information content (AvgIpc) is 2.87. The number of likely N-dealkylation sites (tertiary alicyclic amines) is 1. The second-order valence-electron chi connectivity index (χ2n) is 9.77. The maximum atomic E-state index is 14.5. The Morgan fingerprint density at radius 3 is 2.57 bits per heavy atom. The third-order valence-electron chi connectivity index (χ3n) is 7.18. The van der Waals surface area contributed by atoms with Gasteiger partial charge in [0, 0.05) is 56.9 Å². The first-order valence-corrected chi connectivity index (χ1v) is 12.7. The van der Waals surface area contributed by atoms with Crippen molar-refractivity contribution < 1.29 is 9.13 Å². The molecule has 0 atom stereocenters. The number of fused-ring (bicyclic) bond motifs is 1. The van der Waals surface area contributed by atoms with Crippen molar-refractivity contribution in [1.29, 1.82) is 0 Å². The first-order chi connectivity index (χ1) is 17.0. The number of benzene rings is 2. The van der Waals surface area contributed by atoms with Crippen LogP contribution in [0.25, 0.3) is 17.0 Å². The molecule has 2 aliphatic heterocycles. The lowest BCUT2D eigenvalue weighted by atomic mass is 10.0. The minimum absolute atomic E-state index is 0.122. The van der Waals surface area contributed by atoms with Crippen molar-refractivity contribution >= 4 is 22.7 Å². The van der Waals surface area contributed by atoms with Crippen molar-refractivity contribution in [2.24, 2.45) is 0 Å². The van der Waals surface area contributed by atoms with Crippen LogP contribution in [0, 0.1) is 12.7 Å². The summed E-state index contributed by atoms with van der Waals surface area (Å²) in [5, 5.41) is 1.07. The summed E-state index contributed by atoms with van der Waals surface area (Å²) in [7, 11) is 2.12. The highest BCUT2D eigenvalue weighted by molar-refractivity contribution is 5.85. The van der Waals surface area contributed by atoms with Gasteiger partial charge >= 0.3 is 0 Å². The zero-order valence-corrected chi connectivity index (χ0v) is 20.8. The minimum Gasteiger partial charge on any atom is -0.492 e. The molecular weight excluding hydrogens is 439 g/mol. The van der Waals surface area contributed by atoms with Gasteiger partial charge < -0.3 is 14.5 Å². The van der Waals surface area contributed by atoms with Gasteiger partial charge in [0.1, 0.15) is 18.2 Å². The molecule has 2 aliphatic rings. The highest BCUT2D eigenvalue weighted by atomic mass is 19.1. The van der Waals surface area contributed by atoms with Crippen molar-refractivity contribution in [3.8, 4) is 5.75 Å². The fourth-order valence-corrected chi connectivity index (χ4v) is 4.99. The topological polar surface area (TPSA) is 31.8 Å². The number of piperidine rings is 1. The van der Waals surface area contributed by atoms with E-state index in [1.54, 1.807) is 6.07 Å². The molecule has 0 spiro atoms. The smallest absolute Gasteiger partial charge is 0.146 e. The Labute approximate surface area is 207 Å². The van der Waals surface area contributed by atoms with E-state index in [0.29, 0.717) is 6.61 Å². The predicted octanol–water partition coefficient (Wildman–Crippen LogP) is 4.99. The second kappa shape index (κ2) is 10.8. The van der Waals surface area contributed by atoms with Crippen LogP contribution in [-0.4, -0.2) is 74.3 Å². The van der Waals surface area contributed by atoms with Crippen LogP contribution in [0.5, 0.6) is 5.75 Å². The second-order valence-corrected chi connectivity index (χ2v) is 9.77. The summed E-state index contributed by atoms with van der Waals surface area (Å²) in [4.78, 5) is 11.5. The lowest BCUT2D eigenvalue weighted by molar-refractivity contribution is 0.200. The zero-order valence-electron chi connectivity index (χ0n) is 20.8. The van der Waals surface area contributed by atoms with Gasteiger partial charge in [0.15, 0.2) is 0 Å². The SMILES string of the molecule is Cc1ccc2c(OCCN3CCC(=Cc4ccc(F)c(N5CCN(C)CC5)c4)CC3)cccc2n1. The molecule has 0 radical (unpaired) electrons. The van der Waals surface area contributed by atoms with E-state index < -0.39 is 0 Å². The molecule has 0 N–H and O–H groups in total. The van der Waals surface area contributed by atoms with Crippen LogP contribution in [0.3, 0.4) is 0 Å². The molecule has 0 aliphatic carbocycles. The summed E-state index contributed by atoms with van der Waals surface area (Å²) in [6, 6.07) is 15.7. The van der Waals surface area contributed by atoms with E-state index in [9.17, 15) is 4.39 Å². The molecule has 0 amide bonds. The van der Waals surface area contributed by atoms with Crippen molar-refractivity contribution in [2.45, 2.75) is 19.8 Å². The normalized spacial score (nSPS) is 17.7. The van der Waals surface area contributed by atoms with Gasteiger partial charge in [-0.2, -0.15) is 0 Å². The van der Waals surface area contributed by atoms with Crippen LogP contribution in [0.1, 0.15) is 24.1 Å². The molecule has 5 nitrogen and oxygen atoms in total. The van der Waals surface area contributed by atoms with Crippen molar-refractivity contribution in [3.05, 3.63) is 71.2 Å². The van der Waals surface area contributed by atoms with E-state index in [1.165, 1.54) is 5.57 Å². The minimum atomic E-state index is -0.122. The quantitative estimate of drug-likeness (QED) is 0.502. The number of nitrogens with zero attached hydrogens (tertiary/aromatic N) is 4. The highest BCUT2D eigenvalue weighted by Gasteiger charge is 2.18. The molecule has 2 saturated heterocycles. The van der Waals surface area contributed by atoms with Crippen LogP contribution >= 0.6 is 0 Å². The Morgan fingerprint density at radius 2 is 1.77 bits per heavy atom. The molecule has 5 rings (SSSR count). The lowest BCUT2D eigenvalue weighted by Crippen LogP contribution is -2.44. The lowest BCUT2D eigenvalue weighted by Gasteiger charge is -2.34. The molecule has 3 heterocycles. The van der Waals surface area contributed by atoms with E-state index in [0.717, 1.165) is 92.3 Å². The monoisotopic (exact) mass is 474 g/mol. The summed E-state index contributed by atoms with van der Waals surface area (Å²) in [5.74, 6) is 0.781. The third kappa shape index (κ3) is 5.82. The average molecular weight is 475 g/mol. The van der Waals surface area contributed by atoms with Crippen molar-refractivity contribution in [3.63, 3.8) is 0 Å². The van der Waals surface area contributed by atoms with Gasteiger partial charge in [0.25, 0.3) is 0 Å². The Morgan fingerprint density at radius 1 is 0.971 bits per heavy atom. The first-order valence-electron chi connectivity index (χ1n) is 12.7. The number of rotatable bonds is 6. The Bertz CT molecular complexity index is 1190. The van der Waals surface area contributed by atoms with Crippen molar-refractivity contribution in [2.75, 3.05) is 64.4 Å². The molecule has 3 aromatic rings. The summed E-state index contributed by atoms with van der Waals surface area (Å²) in [6.45, 7) is 9.33. The van der Waals surface area contributed by atoms with E-state index in [-0.39, 0.29) is 5.82 Å². The Hall–Kier alpha value is -2.96. The summed E-state index contributed by atoms with van der Waals surface area (Å²) >= 11 is 0. The number of likely N-dealkylation sites (N-methyl/N-ethyl adjacent to an activating group) is 1. The molecule has 184 valence electrons. The summed E-state index contributed by atoms with van der Waals surface area (Å²) in [6.07, 6.45) is 4.34. The maximum absolute atomic E-state index is 14.5. The van der Waals surface area contributed by atoms with E-state index >= 15 is 0 Å². The number of pyridine rings is 1.